The molecule has 2 aromatic heterocycles. The van der Waals surface area contributed by atoms with E-state index in [-0.39, 0.29) is 0 Å². The van der Waals surface area contributed by atoms with Crippen LogP contribution in [0.4, 0.5) is 0 Å². The highest BCUT2D eigenvalue weighted by atomic mass is 32.1. The van der Waals surface area contributed by atoms with Gasteiger partial charge in [-0.2, -0.15) is 0 Å². The number of aryl methyl sites for hydroxylation is 1. The van der Waals surface area contributed by atoms with Crippen LogP contribution in [0.1, 0.15) is 21.1 Å². The van der Waals surface area contributed by atoms with Crippen LogP contribution in [0.3, 0.4) is 0 Å². The quantitative estimate of drug-likeness (QED) is 0.796. The van der Waals surface area contributed by atoms with Crippen molar-refractivity contribution in [2.75, 3.05) is 0 Å². The number of aromatic nitrogens is 2. The van der Waals surface area contributed by atoms with Gasteiger partial charge in [-0.25, -0.2) is 9.78 Å². The Bertz CT molecular complexity index is 758. The van der Waals surface area contributed by atoms with Crippen LogP contribution in [-0.4, -0.2) is 20.6 Å². The second-order valence-electron chi connectivity index (χ2n) is 4.35. The summed E-state index contributed by atoms with van der Waals surface area (Å²) in [5.41, 5.74) is 2.26. The Morgan fingerprint density at radius 2 is 2.26 bits per heavy atom. The first kappa shape index (κ1) is 11.9. The van der Waals surface area contributed by atoms with Gasteiger partial charge in [-0.3, -0.25) is 0 Å². The SMILES string of the molecule is Cc1nc(Cn2ccc3c(C(=O)O)cccc32)cs1. The van der Waals surface area contributed by atoms with Crippen molar-refractivity contribution >= 4 is 28.2 Å². The largest absolute Gasteiger partial charge is 0.478 e. The Labute approximate surface area is 113 Å². The van der Waals surface area contributed by atoms with Gasteiger partial charge in [-0.1, -0.05) is 6.07 Å². The minimum atomic E-state index is -0.896. The lowest BCUT2D eigenvalue weighted by Crippen LogP contribution is -2.00. The van der Waals surface area contributed by atoms with Crippen LogP contribution in [-0.2, 0) is 6.54 Å². The van der Waals surface area contributed by atoms with Crippen molar-refractivity contribution in [1.82, 2.24) is 9.55 Å². The molecule has 1 N–H and O–H groups in total. The summed E-state index contributed by atoms with van der Waals surface area (Å²) in [5.74, 6) is -0.896. The molecule has 2 heterocycles. The monoisotopic (exact) mass is 272 g/mol. The van der Waals surface area contributed by atoms with Crippen LogP contribution in [0.25, 0.3) is 10.9 Å². The van der Waals surface area contributed by atoms with E-state index in [2.05, 4.69) is 4.98 Å². The van der Waals surface area contributed by atoms with Crippen molar-refractivity contribution in [3.05, 3.63) is 52.1 Å². The van der Waals surface area contributed by atoms with Gasteiger partial charge in [-0.15, -0.1) is 11.3 Å². The molecule has 0 aliphatic rings. The van der Waals surface area contributed by atoms with E-state index in [0.29, 0.717) is 12.1 Å². The number of rotatable bonds is 3. The van der Waals surface area contributed by atoms with Crippen molar-refractivity contribution < 1.29 is 9.90 Å². The zero-order valence-corrected chi connectivity index (χ0v) is 11.1. The number of thiazole rings is 1. The molecule has 0 saturated heterocycles. The minimum Gasteiger partial charge on any atom is -0.478 e. The van der Waals surface area contributed by atoms with Crippen LogP contribution in [0.5, 0.6) is 0 Å². The average Bonchev–Trinajstić information content (AvgIpc) is 2.97. The molecule has 5 heteroatoms. The van der Waals surface area contributed by atoms with Gasteiger partial charge < -0.3 is 9.67 Å². The van der Waals surface area contributed by atoms with Crippen molar-refractivity contribution in [2.24, 2.45) is 0 Å². The first-order chi connectivity index (χ1) is 9.15. The molecular weight excluding hydrogens is 260 g/mol. The molecule has 0 aliphatic carbocycles. The van der Waals surface area contributed by atoms with Gasteiger partial charge >= 0.3 is 5.97 Å². The number of hydrogen-bond donors (Lipinski definition) is 1. The maximum absolute atomic E-state index is 11.2. The third-order valence-corrected chi connectivity index (χ3v) is 3.87. The topological polar surface area (TPSA) is 55.1 Å². The molecule has 3 rings (SSSR count). The summed E-state index contributed by atoms with van der Waals surface area (Å²) in [6.07, 6.45) is 1.91. The second kappa shape index (κ2) is 4.51. The van der Waals surface area contributed by atoms with Gasteiger partial charge in [0.15, 0.2) is 0 Å². The van der Waals surface area contributed by atoms with E-state index in [4.69, 9.17) is 5.11 Å². The summed E-state index contributed by atoms with van der Waals surface area (Å²) < 4.78 is 2.02. The molecule has 19 heavy (non-hydrogen) atoms. The smallest absolute Gasteiger partial charge is 0.336 e. The van der Waals surface area contributed by atoms with E-state index in [1.54, 1.807) is 23.5 Å². The summed E-state index contributed by atoms with van der Waals surface area (Å²) in [4.78, 5) is 15.6. The van der Waals surface area contributed by atoms with Gasteiger partial charge in [-0.05, 0) is 25.1 Å². The number of hydrogen-bond acceptors (Lipinski definition) is 3. The standard InChI is InChI=1S/C14H12N2O2S/c1-9-15-10(8-19-9)7-16-6-5-11-12(14(17)18)3-2-4-13(11)16/h2-6,8H,7H2,1H3,(H,17,18). The van der Waals surface area contributed by atoms with Gasteiger partial charge in [0.1, 0.15) is 0 Å². The summed E-state index contributed by atoms with van der Waals surface area (Å²) in [7, 11) is 0. The van der Waals surface area contributed by atoms with Gasteiger partial charge in [0.2, 0.25) is 0 Å². The number of nitrogens with zero attached hydrogens (tertiary/aromatic N) is 2. The second-order valence-corrected chi connectivity index (χ2v) is 5.41. The van der Waals surface area contributed by atoms with Gasteiger partial charge in [0.25, 0.3) is 0 Å². The van der Waals surface area contributed by atoms with Crippen LogP contribution >= 0.6 is 11.3 Å². The molecule has 96 valence electrons. The maximum Gasteiger partial charge on any atom is 0.336 e. The predicted molar refractivity (Wildman–Crippen MR) is 74.9 cm³/mol. The van der Waals surface area contributed by atoms with Gasteiger partial charge in [0.05, 0.1) is 22.8 Å². The van der Waals surface area contributed by atoms with E-state index in [1.165, 1.54) is 0 Å². The van der Waals surface area contributed by atoms with Crippen molar-refractivity contribution in [2.45, 2.75) is 13.5 Å². The van der Waals surface area contributed by atoms with Crippen LogP contribution in [0.2, 0.25) is 0 Å². The molecule has 0 fully saturated rings. The van der Waals surface area contributed by atoms with E-state index in [9.17, 15) is 4.79 Å². The normalized spacial score (nSPS) is 11.0. The fraction of sp³-hybridized carbons (Fsp3) is 0.143. The number of carbonyl (C=O) groups is 1. The Balaban J connectivity index is 2.06. The molecule has 0 unspecified atom stereocenters. The van der Waals surface area contributed by atoms with E-state index in [1.807, 2.05) is 35.2 Å². The molecule has 3 aromatic rings. The lowest BCUT2D eigenvalue weighted by molar-refractivity contribution is 0.0699. The van der Waals surface area contributed by atoms with E-state index >= 15 is 0 Å². The lowest BCUT2D eigenvalue weighted by Gasteiger charge is -2.04. The molecular formula is C14H12N2O2S. The molecule has 0 saturated carbocycles. The van der Waals surface area contributed by atoms with Crippen LogP contribution < -0.4 is 0 Å². The molecule has 0 aliphatic heterocycles. The third kappa shape index (κ3) is 2.13. The average molecular weight is 272 g/mol. The summed E-state index contributed by atoms with van der Waals surface area (Å²) in [6.45, 7) is 2.64. The summed E-state index contributed by atoms with van der Waals surface area (Å²) in [6, 6.07) is 7.18. The number of aromatic carboxylic acids is 1. The van der Waals surface area contributed by atoms with Crippen molar-refractivity contribution in [3.63, 3.8) is 0 Å². The van der Waals surface area contributed by atoms with Gasteiger partial charge in [0, 0.05) is 22.5 Å². The molecule has 0 radical (unpaired) electrons. The number of fused-ring (bicyclic) bond motifs is 1. The minimum absolute atomic E-state index is 0.339. The lowest BCUT2D eigenvalue weighted by atomic mass is 10.1. The van der Waals surface area contributed by atoms with E-state index in [0.717, 1.165) is 21.6 Å². The fourth-order valence-corrected chi connectivity index (χ4v) is 2.81. The fourth-order valence-electron chi connectivity index (χ4n) is 2.20. The molecule has 4 nitrogen and oxygen atoms in total. The number of carboxylic acids is 1. The highest BCUT2D eigenvalue weighted by molar-refractivity contribution is 7.09. The first-order valence-corrected chi connectivity index (χ1v) is 6.75. The zero-order valence-electron chi connectivity index (χ0n) is 10.3. The highest BCUT2D eigenvalue weighted by Gasteiger charge is 2.11. The molecule has 1 aromatic carbocycles. The number of carboxylic acid groups (broad SMARTS) is 1. The highest BCUT2D eigenvalue weighted by Crippen LogP contribution is 2.21. The Hall–Kier alpha value is -2.14. The Kier molecular flexibility index (Phi) is 2.83. The zero-order chi connectivity index (χ0) is 13.4. The van der Waals surface area contributed by atoms with Crippen LogP contribution in [0, 0.1) is 6.92 Å². The molecule has 0 amide bonds. The summed E-state index contributed by atoms with van der Waals surface area (Å²) in [5, 5.41) is 13.0. The Morgan fingerprint density at radius 3 is 2.95 bits per heavy atom. The molecule has 0 atom stereocenters. The number of benzene rings is 1. The third-order valence-electron chi connectivity index (χ3n) is 3.04. The van der Waals surface area contributed by atoms with Crippen LogP contribution in [0.15, 0.2) is 35.8 Å². The summed E-state index contributed by atoms with van der Waals surface area (Å²) >= 11 is 1.62. The predicted octanol–water partition coefficient (Wildman–Crippen LogP) is 3.15. The van der Waals surface area contributed by atoms with Crippen molar-refractivity contribution in [1.29, 1.82) is 0 Å². The molecule has 0 bridgehead atoms. The van der Waals surface area contributed by atoms with Crippen molar-refractivity contribution in [3.8, 4) is 0 Å². The van der Waals surface area contributed by atoms with E-state index < -0.39 is 5.97 Å². The Morgan fingerprint density at radius 1 is 1.42 bits per heavy atom. The molecule has 0 spiro atoms. The first-order valence-electron chi connectivity index (χ1n) is 5.87. The maximum atomic E-state index is 11.2.